The summed E-state index contributed by atoms with van der Waals surface area (Å²) in [4.78, 5) is 12.1. The summed E-state index contributed by atoms with van der Waals surface area (Å²) < 4.78 is 28.7. The van der Waals surface area contributed by atoms with E-state index in [4.69, 9.17) is 14.2 Å². The van der Waals surface area contributed by atoms with Crippen LogP contribution >= 0.6 is 0 Å². The molecule has 1 N–H and O–H groups in total. The van der Waals surface area contributed by atoms with Crippen LogP contribution in [0.4, 0.5) is 4.39 Å². The van der Waals surface area contributed by atoms with Gasteiger partial charge in [-0.15, -0.1) is 0 Å². The Morgan fingerprint density at radius 1 is 1.08 bits per heavy atom. The molecular weight excluding hydrogens is 325 g/mol. The van der Waals surface area contributed by atoms with Crippen LogP contribution in [0.1, 0.15) is 24.9 Å². The quantitative estimate of drug-likeness (QED) is 0.794. The molecule has 0 heterocycles. The number of rotatable bonds is 8. The van der Waals surface area contributed by atoms with Crippen LogP contribution in [0, 0.1) is 5.82 Å². The molecule has 1 amide bonds. The van der Waals surface area contributed by atoms with E-state index in [1.807, 2.05) is 19.1 Å². The molecule has 0 saturated carbocycles. The number of hydrogen-bond acceptors (Lipinski definition) is 4. The molecule has 0 aliphatic carbocycles. The third-order valence-corrected chi connectivity index (χ3v) is 3.74. The molecule has 0 bridgehead atoms. The molecule has 25 heavy (non-hydrogen) atoms. The fourth-order valence-corrected chi connectivity index (χ4v) is 2.41. The van der Waals surface area contributed by atoms with E-state index in [1.54, 1.807) is 20.3 Å². The first kappa shape index (κ1) is 18.6. The summed E-state index contributed by atoms with van der Waals surface area (Å²) >= 11 is 0. The molecule has 0 saturated heterocycles. The molecule has 2 aromatic rings. The van der Waals surface area contributed by atoms with E-state index in [-0.39, 0.29) is 24.4 Å². The number of amides is 1. The molecule has 5 nitrogen and oxygen atoms in total. The SMILES string of the molecule is CC[C@H](NC(=O)COc1ccc(F)cc1)c1ccc(OC)c(OC)c1. The van der Waals surface area contributed by atoms with E-state index in [0.29, 0.717) is 23.7 Å². The minimum atomic E-state index is -0.351. The Morgan fingerprint density at radius 3 is 2.36 bits per heavy atom. The van der Waals surface area contributed by atoms with Gasteiger partial charge in [-0.1, -0.05) is 13.0 Å². The van der Waals surface area contributed by atoms with Crippen LogP contribution in [0.15, 0.2) is 42.5 Å². The predicted molar refractivity (Wildman–Crippen MR) is 92.6 cm³/mol. The Hall–Kier alpha value is -2.76. The minimum absolute atomic E-state index is 0.143. The van der Waals surface area contributed by atoms with Crippen molar-refractivity contribution in [1.82, 2.24) is 5.32 Å². The van der Waals surface area contributed by atoms with Gasteiger partial charge in [0.15, 0.2) is 18.1 Å². The molecular formula is C19H22FNO4. The van der Waals surface area contributed by atoms with Gasteiger partial charge in [-0.2, -0.15) is 0 Å². The number of hydrogen-bond donors (Lipinski definition) is 1. The molecule has 6 heteroatoms. The van der Waals surface area contributed by atoms with Gasteiger partial charge in [0.25, 0.3) is 5.91 Å². The van der Waals surface area contributed by atoms with Crippen molar-refractivity contribution in [2.45, 2.75) is 19.4 Å². The van der Waals surface area contributed by atoms with Gasteiger partial charge >= 0.3 is 0 Å². The summed E-state index contributed by atoms with van der Waals surface area (Å²) in [7, 11) is 3.14. The molecule has 0 radical (unpaired) electrons. The van der Waals surface area contributed by atoms with Crippen molar-refractivity contribution in [2.24, 2.45) is 0 Å². The second-order valence-corrected chi connectivity index (χ2v) is 5.39. The van der Waals surface area contributed by atoms with Crippen molar-refractivity contribution in [3.8, 4) is 17.2 Å². The van der Waals surface area contributed by atoms with Crippen LogP contribution in [0.3, 0.4) is 0 Å². The number of methoxy groups -OCH3 is 2. The van der Waals surface area contributed by atoms with Gasteiger partial charge < -0.3 is 19.5 Å². The lowest BCUT2D eigenvalue weighted by atomic mass is 10.0. The van der Waals surface area contributed by atoms with E-state index in [9.17, 15) is 9.18 Å². The fourth-order valence-electron chi connectivity index (χ4n) is 2.41. The number of halogens is 1. The molecule has 0 spiro atoms. The van der Waals surface area contributed by atoms with Gasteiger partial charge in [0.1, 0.15) is 11.6 Å². The van der Waals surface area contributed by atoms with Crippen LogP contribution < -0.4 is 19.5 Å². The maximum absolute atomic E-state index is 12.9. The van der Waals surface area contributed by atoms with Crippen molar-refractivity contribution >= 4 is 5.91 Å². The Kier molecular flexibility index (Phi) is 6.62. The van der Waals surface area contributed by atoms with Crippen LogP contribution in [-0.2, 0) is 4.79 Å². The average Bonchev–Trinajstić information content (AvgIpc) is 2.65. The Balaban J connectivity index is 1.98. The molecule has 0 aliphatic heterocycles. The van der Waals surface area contributed by atoms with E-state index in [2.05, 4.69) is 5.32 Å². The third kappa shape index (κ3) is 5.11. The Bertz CT molecular complexity index is 703. The molecule has 0 aromatic heterocycles. The van der Waals surface area contributed by atoms with Crippen LogP contribution in [-0.4, -0.2) is 26.7 Å². The molecule has 1 atom stereocenters. The maximum atomic E-state index is 12.9. The Labute approximate surface area is 146 Å². The number of carbonyl (C=O) groups excluding carboxylic acids is 1. The highest BCUT2D eigenvalue weighted by Crippen LogP contribution is 2.30. The Morgan fingerprint density at radius 2 is 1.76 bits per heavy atom. The minimum Gasteiger partial charge on any atom is -0.493 e. The molecule has 2 rings (SSSR count). The van der Waals surface area contributed by atoms with E-state index in [0.717, 1.165) is 5.56 Å². The third-order valence-electron chi connectivity index (χ3n) is 3.74. The highest BCUT2D eigenvalue weighted by atomic mass is 19.1. The summed E-state index contributed by atoms with van der Waals surface area (Å²) in [6, 6.07) is 10.9. The second kappa shape index (κ2) is 8.92. The highest BCUT2D eigenvalue weighted by Gasteiger charge is 2.15. The predicted octanol–water partition coefficient (Wildman–Crippen LogP) is 3.49. The van der Waals surface area contributed by atoms with Crippen molar-refractivity contribution in [3.05, 3.63) is 53.8 Å². The molecule has 0 fully saturated rings. The van der Waals surface area contributed by atoms with Crippen molar-refractivity contribution in [1.29, 1.82) is 0 Å². The number of nitrogens with one attached hydrogen (secondary N) is 1. The summed E-state index contributed by atoms with van der Waals surface area (Å²) in [6.07, 6.45) is 0.706. The van der Waals surface area contributed by atoms with Crippen molar-refractivity contribution < 1.29 is 23.4 Å². The van der Waals surface area contributed by atoms with E-state index in [1.165, 1.54) is 24.3 Å². The van der Waals surface area contributed by atoms with Crippen molar-refractivity contribution in [2.75, 3.05) is 20.8 Å². The average molecular weight is 347 g/mol. The number of benzene rings is 2. The van der Waals surface area contributed by atoms with Gasteiger partial charge in [-0.3, -0.25) is 4.79 Å². The largest absolute Gasteiger partial charge is 0.493 e. The first-order chi connectivity index (χ1) is 12.1. The smallest absolute Gasteiger partial charge is 0.258 e. The zero-order valence-electron chi connectivity index (χ0n) is 14.5. The molecule has 0 unspecified atom stereocenters. The second-order valence-electron chi connectivity index (χ2n) is 5.39. The normalized spacial score (nSPS) is 11.5. The lowest BCUT2D eigenvalue weighted by Crippen LogP contribution is -2.32. The highest BCUT2D eigenvalue weighted by molar-refractivity contribution is 5.78. The fraction of sp³-hybridized carbons (Fsp3) is 0.316. The van der Waals surface area contributed by atoms with Crippen molar-refractivity contribution in [3.63, 3.8) is 0 Å². The monoisotopic (exact) mass is 347 g/mol. The van der Waals surface area contributed by atoms with Crippen LogP contribution in [0.2, 0.25) is 0 Å². The van der Waals surface area contributed by atoms with Crippen LogP contribution in [0.25, 0.3) is 0 Å². The summed E-state index contributed by atoms with van der Waals surface area (Å²) in [5.41, 5.74) is 0.912. The first-order valence-electron chi connectivity index (χ1n) is 7.97. The molecule has 2 aromatic carbocycles. The lowest BCUT2D eigenvalue weighted by Gasteiger charge is -2.19. The van der Waals surface area contributed by atoms with Gasteiger partial charge in [0.05, 0.1) is 20.3 Å². The lowest BCUT2D eigenvalue weighted by molar-refractivity contribution is -0.123. The zero-order chi connectivity index (χ0) is 18.2. The summed E-state index contributed by atoms with van der Waals surface area (Å²) in [6.45, 7) is 1.83. The maximum Gasteiger partial charge on any atom is 0.258 e. The first-order valence-corrected chi connectivity index (χ1v) is 7.97. The number of carbonyl (C=O) groups is 1. The standard InChI is InChI=1S/C19H22FNO4/c1-4-16(13-5-10-17(23-2)18(11-13)24-3)21-19(22)12-25-15-8-6-14(20)7-9-15/h5-11,16H,4,12H2,1-3H3,(H,21,22)/t16-/m0/s1. The summed E-state index contributed by atoms with van der Waals surface area (Å²) in [5.74, 6) is 1.07. The number of ether oxygens (including phenoxy) is 3. The van der Waals surface area contributed by atoms with Gasteiger partial charge in [-0.05, 0) is 48.4 Å². The molecule has 134 valence electrons. The topological polar surface area (TPSA) is 56.8 Å². The summed E-state index contributed by atoms with van der Waals surface area (Å²) in [5, 5.41) is 2.92. The van der Waals surface area contributed by atoms with Gasteiger partial charge in [-0.25, -0.2) is 4.39 Å². The van der Waals surface area contributed by atoms with E-state index >= 15 is 0 Å². The molecule has 0 aliphatic rings. The van der Waals surface area contributed by atoms with Gasteiger partial charge in [0, 0.05) is 0 Å². The zero-order valence-corrected chi connectivity index (χ0v) is 14.5. The van der Waals surface area contributed by atoms with E-state index < -0.39 is 0 Å². The van der Waals surface area contributed by atoms with Crippen LogP contribution in [0.5, 0.6) is 17.2 Å². The van der Waals surface area contributed by atoms with Gasteiger partial charge in [0.2, 0.25) is 0 Å².